The van der Waals surface area contributed by atoms with Crippen LogP contribution in [0.4, 0.5) is 5.69 Å². The van der Waals surface area contributed by atoms with E-state index in [-0.39, 0.29) is 0 Å². The molecule has 0 atom stereocenters. The van der Waals surface area contributed by atoms with Crippen LogP contribution >= 0.6 is 11.3 Å². The zero-order valence-electron chi connectivity index (χ0n) is 17.8. The molecule has 0 aliphatic heterocycles. The van der Waals surface area contributed by atoms with Gasteiger partial charge in [-0.2, -0.15) is 0 Å². The molecule has 4 aromatic carbocycles. The zero-order valence-corrected chi connectivity index (χ0v) is 18.6. The molecule has 0 amide bonds. The number of hydrogen-bond acceptors (Lipinski definition) is 2. The topological polar surface area (TPSA) is 6.25 Å². The third-order valence-corrected chi connectivity index (χ3v) is 6.97. The molecule has 148 valence electrons. The predicted octanol–water partition coefficient (Wildman–Crippen LogP) is 5.97. The largest absolute Gasteiger partial charge is 0.378 e. The lowest BCUT2D eigenvalue weighted by molar-refractivity contribution is 0.815. The fourth-order valence-electron chi connectivity index (χ4n) is 4.12. The van der Waals surface area contributed by atoms with Crippen molar-refractivity contribution in [2.45, 2.75) is 0 Å². The molecule has 0 aliphatic rings. The Morgan fingerprint density at radius 1 is 0.733 bits per heavy atom. The van der Waals surface area contributed by atoms with Crippen molar-refractivity contribution in [3.05, 3.63) is 84.2 Å². The SMILES string of the molecule is CN(C)c1ccc2c(-c3ccccc3)c3ccc4cc(=[N+](C)C)ccc4c3sc2c1. The van der Waals surface area contributed by atoms with Crippen LogP contribution in [-0.4, -0.2) is 28.2 Å². The predicted molar refractivity (Wildman–Crippen MR) is 134 cm³/mol. The lowest BCUT2D eigenvalue weighted by atomic mass is 9.96. The molecule has 0 spiro atoms. The average molecular weight is 410 g/mol. The van der Waals surface area contributed by atoms with E-state index in [2.05, 4.69) is 117 Å². The van der Waals surface area contributed by atoms with Gasteiger partial charge in [-0.3, -0.25) is 0 Å². The molecule has 0 fully saturated rings. The van der Waals surface area contributed by atoms with Gasteiger partial charge in [0.2, 0.25) is 0 Å². The smallest absolute Gasteiger partial charge is 0.200 e. The summed E-state index contributed by atoms with van der Waals surface area (Å²) < 4.78 is 4.82. The Morgan fingerprint density at radius 2 is 1.47 bits per heavy atom. The molecular formula is C27H25N2S+. The Balaban J connectivity index is 1.97. The van der Waals surface area contributed by atoms with Gasteiger partial charge in [0.25, 0.3) is 0 Å². The first-order valence-corrected chi connectivity index (χ1v) is 11.0. The van der Waals surface area contributed by atoms with Crippen LogP contribution in [0.1, 0.15) is 0 Å². The summed E-state index contributed by atoms with van der Waals surface area (Å²) in [5, 5.41) is 6.46. The highest BCUT2D eigenvalue weighted by Gasteiger charge is 2.14. The maximum atomic E-state index is 2.32. The highest BCUT2D eigenvalue weighted by Crippen LogP contribution is 2.42. The van der Waals surface area contributed by atoms with Crippen molar-refractivity contribution in [3.8, 4) is 11.1 Å². The Kier molecular flexibility index (Phi) is 4.56. The summed E-state index contributed by atoms with van der Waals surface area (Å²) in [5.74, 6) is 0. The second kappa shape index (κ2) is 7.26. The maximum absolute atomic E-state index is 2.32. The second-order valence-electron chi connectivity index (χ2n) is 8.16. The van der Waals surface area contributed by atoms with Gasteiger partial charge in [-0.05, 0) is 34.7 Å². The van der Waals surface area contributed by atoms with Gasteiger partial charge in [0.05, 0.1) is 0 Å². The van der Waals surface area contributed by atoms with Crippen molar-refractivity contribution in [2.24, 2.45) is 0 Å². The van der Waals surface area contributed by atoms with E-state index in [4.69, 9.17) is 0 Å². The minimum atomic E-state index is 1.23. The molecular weight excluding hydrogens is 384 g/mol. The average Bonchev–Trinajstić information content (AvgIpc) is 2.77. The number of fused-ring (bicyclic) bond motifs is 4. The molecule has 0 N–H and O–H groups in total. The highest BCUT2D eigenvalue weighted by molar-refractivity contribution is 7.25. The number of nitrogens with zero attached hydrogens (tertiary/aromatic N) is 2. The summed E-state index contributed by atoms with van der Waals surface area (Å²) in [6.07, 6.45) is 0. The molecule has 1 aromatic heterocycles. The molecule has 0 bridgehead atoms. The van der Waals surface area contributed by atoms with Crippen LogP contribution in [0, 0.1) is 0 Å². The molecule has 30 heavy (non-hydrogen) atoms. The van der Waals surface area contributed by atoms with E-state index in [0.717, 1.165) is 0 Å². The summed E-state index contributed by atoms with van der Waals surface area (Å²) in [4.78, 5) is 2.17. The van der Waals surface area contributed by atoms with E-state index in [1.165, 1.54) is 53.1 Å². The minimum Gasteiger partial charge on any atom is -0.378 e. The second-order valence-corrected chi connectivity index (χ2v) is 9.21. The zero-order chi connectivity index (χ0) is 20.8. The summed E-state index contributed by atoms with van der Waals surface area (Å²) in [5.41, 5.74) is 3.82. The van der Waals surface area contributed by atoms with E-state index >= 15 is 0 Å². The van der Waals surface area contributed by atoms with Crippen molar-refractivity contribution < 1.29 is 0 Å². The first-order valence-electron chi connectivity index (χ1n) is 10.2. The van der Waals surface area contributed by atoms with E-state index in [1.807, 2.05) is 11.3 Å². The van der Waals surface area contributed by atoms with Gasteiger partial charge in [-0.25, -0.2) is 4.58 Å². The van der Waals surface area contributed by atoms with Crippen molar-refractivity contribution in [2.75, 3.05) is 33.1 Å². The lowest BCUT2D eigenvalue weighted by Gasteiger charge is -2.16. The van der Waals surface area contributed by atoms with E-state index in [0.29, 0.717) is 0 Å². The third-order valence-electron chi connectivity index (χ3n) is 5.77. The van der Waals surface area contributed by atoms with Crippen LogP contribution in [0.3, 0.4) is 0 Å². The Morgan fingerprint density at radius 3 is 2.20 bits per heavy atom. The summed E-state index contributed by atoms with van der Waals surface area (Å²) in [7, 11) is 8.38. The highest BCUT2D eigenvalue weighted by atomic mass is 32.1. The van der Waals surface area contributed by atoms with Gasteiger partial charge in [0.1, 0.15) is 14.1 Å². The number of benzene rings is 4. The van der Waals surface area contributed by atoms with Gasteiger partial charge in [-0.15, -0.1) is 11.3 Å². The molecule has 0 radical (unpaired) electrons. The molecule has 5 rings (SSSR count). The number of anilines is 1. The summed E-state index contributed by atoms with van der Waals surface area (Å²) in [6, 6.07) is 28.9. The third kappa shape index (κ3) is 3.06. The number of rotatable bonds is 2. The Bertz CT molecular complexity index is 1470. The Hall–Kier alpha value is -3.17. The first kappa shape index (κ1) is 18.8. The maximum Gasteiger partial charge on any atom is 0.200 e. The minimum absolute atomic E-state index is 1.23. The quantitative estimate of drug-likeness (QED) is 0.198. The fraction of sp³-hybridized carbons (Fsp3) is 0.148. The summed E-state index contributed by atoms with van der Waals surface area (Å²) >= 11 is 1.90. The lowest BCUT2D eigenvalue weighted by Crippen LogP contribution is -2.20. The molecule has 0 saturated heterocycles. The van der Waals surface area contributed by atoms with Crippen LogP contribution in [-0.2, 0) is 0 Å². The van der Waals surface area contributed by atoms with Gasteiger partial charge in [-0.1, -0.05) is 48.5 Å². The summed E-state index contributed by atoms with van der Waals surface area (Å²) in [6.45, 7) is 0. The fourth-order valence-corrected chi connectivity index (χ4v) is 5.38. The van der Waals surface area contributed by atoms with Crippen molar-refractivity contribution in [1.29, 1.82) is 0 Å². The van der Waals surface area contributed by atoms with E-state index < -0.39 is 0 Å². The van der Waals surface area contributed by atoms with E-state index in [1.54, 1.807) is 0 Å². The Labute approximate surface area is 181 Å². The van der Waals surface area contributed by atoms with Crippen LogP contribution in [0.2, 0.25) is 0 Å². The van der Waals surface area contributed by atoms with E-state index in [9.17, 15) is 0 Å². The number of hydrogen-bond donors (Lipinski definition) is 0. The van der Waals surface area contributed by atoms with Crippen molar-refractivity contribution in [1.82, 2.24) is 4.58 Å². The van der Waals surface area contributed by atoms with Gasteiger partial charge in [0, 0.05) is 57.5 Å². The van der Waals surface area contributed by atoms with Gasteiger partial charge < -0.3 is 4.90 Å². The van der Waals surface area contributed by atoms with Crippen LogP contribution in [0.25, 0.3) is 42.1 Å². The van der Waals surface area contributed by atoms with Crippen LogP contribution in [0.5, 0.6) is 0 Å². The molecule has 0 aliphatic carbocycles. The molecule has 2 nitrogen and oxygen atoms in total. The van der Waals surface area contributed by atoms with Crippen LogP contribution < -0.4 is 14.8 Å². The standard InChI is InChI=1S/C27H25N2S/c1-28(2)20-11-14-22-19(16-20)10-13-24-26(18-8-6-5-7-9-18)23-15-12-21(29(3)4)17-25(23)30-27(22)24/h5-17H,1-4H3/q+1. The monoisotopic (exact) mass is 409 g/mol. The van der Waals surface area contributed by atoms with Crippen molar-refractivity contribution >= 4 is 48.0 Å². The first-order chi connectivity index (χ1) is 14.5. The van der Waals surface area contributed by atoms with Gasteiger partial charge >= 0.3 is 0 Å². The normalized spacial score (nSPS) is 11.3. The van der Waals surface area contributed by atoms with Gasteiger partial charge in [0.15, 0.2) is 5.36 Å². The molecule has 1 heterocycles. The van der Waals surface area contributed by atoms with Crippen LogP contribution in [0.15, 0.2) is 78.9 Å². The molecule has 5 aromatic rings. The molecule has 3 heteroatoms. The van der Waals surface area contributed by atoms with Crippen molar-refractivity contribution in [3.63, 3.8) is 0 Å². The molecule has 0 saturated carbocycles. The molecule has 0 unspecified atom stereocenters.